The molecule has 0 heterocycles. The lowest BCUT2D eigenvalue weighted by Gasteiger charge is -2.19. The summed E-state index contributed by atoms with van der Waals surface area (Å²) in [6.45, 7) is 1.00. The number of carbonyl (C=O) groups is 1. The van der Waals surface area contributed by atoms with Gasteiger partial charge in [0.1, 0.15) is 5.82 Å². The molecule has 0 spiro atoms. The van der Waals surface area contributed by atoms with E-state index in [-0.39, 0.29) is 12.1 Å². The van der Waals surface area contributed by atoms with Crippen LogP contribution in [-0.4, -0.2) is 50.1 Å². The molecule has 0 bridgehead atoms. The standard InChI is InChI=1S/C15H21F4N3O/c1-21(2)7-4-8-22(3)14(23)20-10-11-9-12(15(17,18)19)5-6-13(11)16/h5-6,9H,4,7-8,10H2,1-3H3,(H,20,23). The molecule has 0 aliphatic carbocycles. The van der Waals surface area contributed by atoms with E-state index in [4.69, 9.17) is 0 Å². The molecule has 2 amide bonds. The highest BCUT2D eigenvalue weighted by molar-refractivity contribution is 5.73. The first-order valence-corrected chi connectivity index (χ1v) is 7.10. The van der Waals surface area contributed by atoms with Crippen molar-refractivity contribution in [3.8, 4) is 0 Å². The number of carbonyl (C=O) groups excluding carboxylic acids is 1. The van der Waals surface area contributed by atoms with Gasteiger partial charge in [-0.25, -0.2) is 9.18 Å². The van der Waals surface area contributed by atoms with Crippen molar-refractivity contribution in [2.45, 2.75) is 19.1 Å². The maximum absolute atomic E-state index is 13.6. The molecule has 130 valence electrons. The molecule has 0 radical (unpaired) electrons. The van der Waals surface area contributed by atoms with E-state index in [1.54, 1.807) is 7.05 Å². The van der Waals surface area contributed by atoms with Gasteiger partial charge in [0, 0.05) is 25.7 Å². The van der Waals surface area contributed by atoms with Crippen molar-refractivity contribution in [1.29, 1.82) is 0 Å². The summed E-state index contributed by atoms with van der Waals surface area (Å²) >= 11 is 0. The molecule has 23 heavy (non-hydrogen) atoms. The Bertz CT molecular complexity index is 532. The van der Waals surface area contributed by atoms with E-state index in [9.17, 15) is 22.4 Å². The Kier molecular flexibility index (Phi) is 6.80. The first-order chi connectivity index (χ1) is 10.6. The second-order valence-electron chi connectivity index (χ2n) is 5.54. The van der Waals surface area contributed by atoms with Crippen LogP contribution in [0.15, 0.2) is 18.2 Å². The minimum absolute atomic E-state index is 0.199. The minimum Gasteiger partial charge on any atom is -0.334 e. The lowest BCUT2D eigenvalue weighted by Crippen LogP contribution is -2.38. The van der Waals surface area contributed by atoms with Crippen molar-refractivity contribution in [1.82, 2.24) is 15.1 Å². The first kappa shape index (κ1) is 19.2. The fourth-order valence-electron chi connectivity index (χ4n) is 1.92. The van der Waals surface area contributed by atoms with Crippen LogP contribution in [0.25, 0.3) is 0 Å². The van der Waals surface area contributed by atoms with Gasteiger partial charge in [-0.3, -0.25) is 0 Å². The summed E-state index contributed by atoms with van der Waals surface area (Å²) in [5, 5.41) is 2.42. The van der Waals surface area contributed by atoms with Gasteiger partial charge in [0.15, 0.2) is 0 Å². The summed E-state index contributed by atoms with van der Waals surface area (Å²) in [5.74, 6) is -0.784. The highest BCUT2D eigenvalue weighted by atomic mass is 19.4. The molecule has 1 aromatic carbocycles. The summed E-state index contributed by atoms with van der Waals surface area (Å²) in [7, 11) is 5.40. The Morgan fingerprint density at radius 1 is 1.17 bits per heavy atom. The molecule has 8 heteroatoms. The Labute approximate surface area is 133 Å². The monoisotopic (exact) mass is 335 g/mol. The van der Waals surface area contributed by atoms with Crippen LogP contribution >= 0.6 is 0 Å². The van der Waals surface area contributed by atoms with E-state index in [1.807, 2.05) is 19.0 Å². The van der Waals surface area contributed by atoms with E-state index in [2.05, 4.69) is 5.32 Å². The number of alkyl halides is 3. The van der Waals surface area contributed by atoms with Crippen LogP contribution in [-0.2, 0) is 12.7 Å². The molecule has 0 unspecified atom stereocenters. The van der Waals surface area contributed by atoms with Gasteiger partial charge in [0.2, 0.25) is 0 Å². The number of halogens is 4. The number of hydrogen-bond acceptors (Lipinski definition) is 2. The Balaban J connectivity index is 2.58. The van der Waals surface area contributed by atoms with Gasteiger partial charge in [0.25, 0.3) is 0 Å². The van der Waals surface area contributed by atoms with Gasteiger partial charge in [-0.1, -0.05) is 0 Å². The van der Waals surface area contributed by atoms with Crippen LogP contribution in [0.4, 0.5) is 22.4 Å². The molecule has 0 saturated heterocycles. The van der Waals surface area contributed by atoms with E-state index in [0.717, 1.165) is 19.0 Å². The first-order valence-electron chi connectivity index (χ1n) is 7.10. The van der Waals surface area contributed by atoms with Crippen LogP contribution in [0, 0.1) is 5.82 Å². The second-order valence-corrected chi connectivity index (χ2v) is 5.54. The molecule has 0 atom stereocenters. The lowest BCUT2D eigenvalue weighted by molar-refractivity contribution is -0.137. The molecular formula is C15H21F4N3O. The summed E-state index contributed by atoms with van der Waals surface area (Å²) < 4.78 is 51.4. The normalized spacial score (nSPS) is 11.7. The summed E-state index contributed by atoms with van der Waals surface area (Å²) in [6.07, 6.45) is -3.79. The van der Waals surface area contributed by atoms with E-state index < -0.39 is 23.6 Å². The Hall–Kier alpha value is -1.83. The molecule has 0 saturated carbocycles. The van der Waals surface area contributed by atoms with Crippen LogP contribution in [0.3, 0.4) is 0 Å². The van der Waals surface area contributed by atoms with Crippen molar-refractivity contribution in [3.05, 3.63) is 35.1 Å². The molecule has 0 aromatic heterocycles. The molecule has 1 N–H and O–H groups in total. The highest BCUT2D eigenvalue weighted by Crippen LogP contribution is 2.30. The van der Waals surface area contributed by atoms with Gasteiger partial charge in [0.05, 0.1) is 5.56 Å². The van der Waals surface area contributed by atoms with Crippen LogP contribution in [0.1, 0.15) is 17.5 Å². The Morgan fingerprint density at radius 2 is 1.83 bits per heavy atom. The third-order valence-electron chi connectivity index (χ3n) is 3.25. The average Bonchev–Trinajstić information content (AvgIpc) is 2.44. The largest absolute Gasteiger partial charge is 0.416 e. The zero-order valence-electron chi connectivity index (χ0n) is 13.4. The van der Waals surface area contributed by atoms with E-state index in [1.165, 1.54) is 4.90 Å². The zero-order chi connectivity index (χ0) is 17.6. The molecule has 1 rings (SSSR count). The van der Waals surface area contributed by atoms with Gasteiger partial charge in [-0.05, 0) is 45.3 Å². The van der Waals surface area contributed by atoms with E-state index in [0.29, 0.717) is 18.7 Å². The maximum Gasteiger partial charge on any atom is 0.416 e. The Morgan fingerprint density at radius 3 is 2.39 bits per heavy atom. The smallest absolute Gasteiger partial charge is 0.334 e. The predicted octanol–water partition coefficient (Wildman–Crippen LogP) is 2.94. The van der Waals surface area contributed by atoms with Gasteiger partial charge in [-0.2, -0.15) is 13.2 Å². The lowest BCUT2D eigenvalue weighted by atomic mass is 10.1. The molecule has 1 aromatic rings. The molecule has 0 fully saturated rings. The molecule has 0 aliphatic rings. The number of nitrogens with zero attached hydrogens (tertiary/aromatic N) is 2. The van der Waals surface area contributed by atoms with Crippen molar-refractivity contribution in [2.75, 3.05) is 34.2 Å². The molecule has 4 nitrogen and oxygen atoms in total. The molecular weight excluding hydrogens is 314 g/mol. The average molecular weight is 335 g/mol. The number of rotatable bonds is 6. The third-order valence-corrected chi connectivity index (χ3v) is 3.25. The number of amides is 2. The quantitative estimate of drug-likeness (QED) is 0.812. The van der Waals surface area contributed by atoms with Gasteiger partial charge < -0.3 is 15.1 Å². The van der Waals surface area contributed by atoms with E-state index >= 15 is 0 Å². The maximum atomic E-state index is 13.6. The van der Waals surface area contributed by atoms with Crippen LogP contribution in [0.5, 0.6) is 0 Å². The summed E-state index contributed by atoms with van der Waals surface area (Å²) in [5.41, 5.74) is -1.14. The summed E-state index contributed by atoms with van der Waals surface area (Å²) in [6, 6.07) is 1.68. The van der Waals surface area contributed by atoms with Crippen molar-refractivity contribution in [2.24, 2.45) is 0 Å². The third kappa shape index (κ3) is 6.43. The number of hydrogen-bond donors (Lipinski definition) is 1. The fourth-order valence-corrected chi connectivity index (χ4v) is 1.92. The molecule has 0 aliphatic heterocycles. The number of urea groups is 1. The van der Waals surface area contributed by atoms with Gasteiger partial charge in [-0.15, -0.1) is 0 Å². The number of nitrogens with one attached hydrogen (secondary N) is 1. The van der Waals surface area contributed by atoms with Crippen molar-refractivity contribution in [3.63, 3.8) is 0 Å². The van der Waals surface area contributed by atoms with Crippen molar-refractivity contribution < 1.29 is 22.4 Å². The summed E-state index contributed by atoms with van der Waals surface area (Å²) in [4.78, 5) is 15.2. The SMILES string of the molecule is CN(C)CCCN(C)C(=O)NCc1cc(C(F)(F)F)ccc1F. The second kappa shape index (κ2) is 8.14. The predicted molar refractivity (Wildman–Crippen MR) is 79.4 cm³/mol. The van der Waals surface area contributed by atoms with Crippen molar-refractivity contribution >= 4 is 6.03 Å². The number of benzene rings is 1. The topological polar surface area (TPSA) is 35.6 Å². The zero-order valence-corrected chi connectivity index (χ0v) is 13.4. The van der Waals surface area contributed by atoms with Crippen LogP contribution < -0.4 is 5.32 Å². The van der Waals surface area contributed by atoms with Gasteiger partial charge >= 0.3 is 12.2 Å². The fraction of sp³-hybridized carbons (Fsp3) is 0.533. The minimum atomic E-state index is -4.55. The van der Waals surface area contributed by atoms with Crippen LogP contribution in [0.2, 0.25) is 0 Å². The highest BCUT2D eigenvalue weighted by Gasteiger charge is 2.31.